The van der Waals surface area contributed by atoms with Crippen molar-refractivity contribution in [1.82, 2.24) is 20.5 Å². The first-order valence-corrected chi connectivity index (χ1v) is 9.09. The molecular weight excluding hydrogens is 377 g/mol. The number of ether oxygens (including phenoxy) is 1. The van der Waals surface area contributed by atoms with Gasteiger partial charge >= 0.3 is 11.8 Å². The van der Waals surface area contributed by atoms with Gasteiger partial charge in [-0.2, -0.15) is 5.10 Å². The summed E-state index contributed by atoms with van der Waals surface area (Å²) in [5, 5.41) is 12.2. The van der Waals surface area contributed by atoms with Gasteiger partial charge in [0, 0.05) is 17.8 Å². The van der Waals surface area contributed by atoms with Crippen LogP contribution in [-0.4, -0.2) is 33.0 Å². The normalized spacial score (nSPS) is 15.3. The number of pyridine rings is 1. The van der Waals surface area contributed by atoms with Crippen molar-refractivity contribution in [3.05, 3.63) is 65.9 Å². The van der Waals surface area contributed by atoms with E-state index in [1.807, 2.05) is 0 Å². The smallest absolute Gasteiger partial charge is 0.313 e. The van der Waals surface area contributed by atoms with Crippen LogP contribution in [0.25, 0.3) is 0 Å². The summed E-state index contributed by atoms with van der Waals surface area (Å²) < 4.78 is 18.4. The Morgan fingerprint density at radius 3 is 2.69 bits per heavy atom. The molecule has 1 aromatic carbocycles. The van der Waals surface area contributed by atoms with Crippen molar-refractivity contribution in [3.8, 4) is 11.6 Å². The number of hydrogen-bond donors (Lipinski definition) is 3. The highest BCUT2D eigenvalue weighted by Crippen LogP contribution is 2.21. The van der Waals surface area contributed by atoms with Crippen LogP contribution in [0.4, 0.5) is 10.1 Å². The number of amides is 2. The lowest BCUT2D eigenvalue weighted by Gasteiger charge is -2.22. The van der Waals surface area contributed by atoms with Crippen molar-refractivity contribution < 1.29 is 18.7 Å². The third-order valence-corrected chi connectivity index (χ3v) is 4.59. The fourth-order valence-corrected chi connectivity index (χ4v) is 3.12. The fourth-order valence-electron chi connectivity index (χ4n) is 3.12. The van der Waals surface area contributed by atoms with Gasteiger partial charge in [-0.25, -0.2) is 9.37 Å². The minimum atomic E-state index is -0.767. The summed E-state index contributed by atoms with van der Waals surface area (Å²) in [6, 6.07) is 8.52. The summed E-state index contributed by atoms with van der Waals surface area (Å²) in [6.45, 7) is 0. The highest BCUT2D eigenvalue weighted by atomic mass is 19.1. The molecule has 2 aromatic heterocycles. The number of nitrogens with zero attached hydrogens (tertiary/aromatic N) is 2. The van der Waals surface area contributed by atoms with Crippen LogP contribution in [0, 0.1) is 5.82 Å². The number of fused-ring (bicyclic) bond motifs is 1. The van der Waals surface area contributed by atoms with Gasteiger partial charge in [-0.05, 0) is 55.2 Å². The number of carbonyl (C=O) groups excluding carboxylic acids is 2. The molecule has 1 atom stereocenters. The minimum absolute atomic E-state index is 0.108. The van der Waals surface area contributed by atoms with Gasteiger partial charge in [0.2, 0.25) is 5.88 Å². The molecule has 3 aromatic rings. The van der Waals surface area contributed by atoms with Crippen LogP contribution in [0.5, 0.6) is 11.6 Å². The third-order valence-electron chi connectivity index (χ3n) is 4.59. The van der Waals surface area contributed by atoms with E-state index in [1.54, 1.807) is 18.3 Å². The lowest BCUT2D eigenvalue weighted by atomic mass is 9.93. The van der Waals surface area contributed by atoms with Crippen molar-refractivity contribution in [2.75, 3.05) is 5.32 Å². The van der Waals surface area contributed by atoms with Crippen LogP contribution in [-0.2, 0) is 22.4 Å². The quantitative estimate of drug-likeness (QED) is 0.588. The molecule has 0 radical (unpaired) electrons. The molecule has 29 heavy (non-hydrogen) atoms. The molecule has 1 aliphatic carbocycles. The zero-order valence-electron chi connectivity index (χ0n) is 15.3. The zero-order valence-corrected chi connectivity index (χ0v) is 15.3. The van der Waals surface area contributed by atoms with Gasteiger partial charge < -0.3 is 15.4 Å². The van der Waals surface area contributed by atoms with Crippen molar-refractivity contribution in [2.24, 2.45) is 0 Å². The first kappa shape index (κ1) is 18.6. The van der Waals surface area contributed by atoms with Gasteiger partial charge in [-0.1, -0.05) is 0 Å². The predicted octanol–water partition coefficient (Wildman–Crippen LogP) is 2.35. The molecule has 0 saturated heterocycles. The van der Waals surface area contributed by atoms with Gasteiger partial charge in [-0.15, -0.1) is 0 Å². The Hall–Kier alpha value is -3.75. The van der Waals surface area contributed by atoms with Crippen molar-refractivity contribution in [3.63, 3.8) is 0 Å². The molecule has 4 rings (SSSR count). The number of anilines is 1. The topological polar surface area (TPSA) is 109 Å². The molecule has 0 aliphatic heterocycles. The van der Waals surface area contributed by atoms with Crippen molar-refractivity contribution in [1.29, 1.82) is 0 Å². The van der Waals surface area contributed by atoms with Crippen LogP contribution >= 0.6 is 0 Å². The SMILES string of the molecule is O=C(Nc1ccc(Oc2ccc(F)cc2)nc1)C(=O)N[C@@H]1CCc2[nH]ncc2C1. The number of halogens is 1. The van der Waals surface area contributed by atoms with Gasteiger partial charge in [0.25, 0.3) is 0 Å². The Morgan fingerprint density at radius 1 is 1.10 bits per heavy atom. The number of aromatic amines is 1. The number of H-pyrrole nitrogens is 1. The molecule has 0 fully saturated rings. The monoisotopic (exact) mass is 395 g/mol. The second kappa shape index (κ2) is 8.09. The average molecular weight is 395 g/mol. The van der Waals surface area contributed by atoms with Gasteiger partial charge in [-0.3, -0.25) is 14.7 Å². The molecule has 0 bridgehead atoms. The van der Waals surface area contributed by atoms with E-state index in [-0.39, 0.29) is 17.7 Å². The second-order valence-electron chi connectivity index (χ2n) is 6.68. The highest BCUT2D eigenvalue weighted by molar-refractivity contribution is 6.39. The third kappa shape index (κ3) is 4.57. The maximum absolute atomic E-state index is 12.9. The fraction of sp³-hybridized carbons (Fsp3) is 0.200. The van der Waals surface area contributed by atoms with E-state index in [2.05, 4.69) is 25.8 Å². The molecule has 148 valence electrons. The van der Waals surface area contributed by atoms with E-state index in [1.165, 1.54) is 30.5 Å². The Balaban J connectivity index is 1.30. The lowest BCUT2D eigenvalue weighted by Crippen LogP contribution is -2.44. The average Bonchev–Trinajstić information content (AvgIpc) is 3.19. The molecule has 0 saturated carbocycles. The molecule has 1 aliphatic rings. The van der Waals surface area contributed by atoms with Gasteiger partial charge in [0.1, 0.15) is 11.6 Å². The Kier molecular flexibility index (Phi) is 5.19. The number of benzene rings is 1. The van der Waals surface area contributed by atoms with Crippen LogP contribution in [0.1, 0.15) is 17.7 Å². The molecular formula is C20H18FN5O3. The van der Waals surface area contributed by atoms with Gasteiger partial charge in [0.15, 0.2) is 0 Å². The van der Waals surface area contributed by atoms with Crippen LogP contribution in [0.3, 0.4) is 0 Å². The van der Waals surface area contributed by atoms with E-state index >= 15 is 0 Å². The Labute approximate surface area is 165 Å². The van der Waals surface area contributed by atoms with E-state index < -0.39 is 11.8 Å². The Bertz CT molecular complexity index is 1020. The number of aryl methyl sites for hydroxylation is 1. The maximum Gasteiger partial charge on any atom is 0.313 e. The number of carbonyl (C=O) groups is 2. The maximum atomic E-state index is 12.9. The largest absolute Gasteiger partial charge is 0.439 e. The van der Waals surface area contributed by atoms with Crippen LogP contribution < -0.4 is 15.4 Å². The van der Waals surface area contributed by atoms with Gasteiger partial charge in [0.05, 0.1) is 18.1 Å². The van der Waals surface area contributed by atoms with E-state index in [4.69, 9.17) is 4.74 Å². The van der Waals surface area contributed by atoms with E-state index in [0.717, 1.165) is 24.1 Å². The van der Waals surface area contributed by atoms with Crippen molar-refractivity contribution >= 4 is 17.5 Å². The lowest BCUT2D eigenvalue weighted by molar-refractivity contribution is -0.136. The summed E-state index contributed by atoms with van der Waals surface area (Å²) in [5.74, 6) is -1.12. The predicted molar refractivity (Wildman–Crippen MR) is 102 cm³/mol. The summed E-state index contributed by atoms with van der Waals surface area (Å²) in [4.78, 5) is 28.4. The van der Waals surface area contributed by atoms with Crippen LogP contribution in [0.15, 0.2) is 48.8 Å². The highest BCUT2D eigenvalue weighted by Gasteiger charge is 2.24. The zero-order chi connectivity index (χ0) is 20.2. The summed E-state index contributed by atoms with van der Waals surface area (Å²) in [5.41, 5.74) is 2.49. The second-order valence-corrected chi connectivity index (χ2v) is 6.68. The van der Waals surface area contributed by atoms with E-state index in [9.17, 15) is 14.0 Å². The first-order chi connectivity index (χ1) is 14.1. The number of rotatable bonds is 4. The number of hydrogen-bond acceptors (Lipinski definition) is 5. The molecule has 0 spiro atoms. The summed E-state index contributed by atoms with van der Waals surface area (Å²) in [7, 11) is 0. The molecule has 8 nitrogen and oxygen atoms in total. The molecule has 0 unspecified atom stereocenters. The van der Waals surface area contributed by atoms with E-state index in [0.29, 0.717) is 17.9 Å². The minimum Gasteiger partial charge on any atom is -0.439 e. The molecule has 2 amide bonds. The molecule has 2 heterocycles. The summed E-state index contributed by atoms with van der Waals surface area (Å²) in [6.07, 6.45) is 5.28. The molecule has 3 N–H and O–H groups in total. The standard InChI is InChI=1S/C20H18FN5O3/c21-13-1-5-16(6-2-13)29-18-8-4-15(11-22-18)25-20(28)19(27)24-14-3-7-17-12(9-14)10-23-26-17/h1-2,4-6,8,10-11,14H,3,7,9H2,(H,23,26)(H,24,27)(H,25,28)/t14-/m1/s1. The first-order valence-electron chi connectivity index (χ1n) is 9.09. The number of aromatic nitrogens is 3. The van der Waals surface area contributed by atoms with Crippen molar-refractivity contribution in [2.45, 2.75) is 25.3 Å². The van der Waals surface area contributed by atoms with Crippen LogP contribution in [0.2, 0.25) is 0 Å². The Morgan fingerprint density at radius 2 is 1.93 bits per heavy atom. The summed E-state index contributed by atoms with van der Waals surface area (Å²) >= 11 is 0. The molecule has 9 heteroatoms. The number of nitrogens with one attached hydrogen (secondary N) is 3.